The first-order valence-electron chi connectivity index (χ1n) is 6.23. The molecule has 100 valence electrons. The first kappa shape index (κ1) is 12.3. The van der Waals surface area contributed by atoms with E-state index in [0.717, 1.165) is 28.9 Å². The topological polar surface area (TPSA) is 64.2 Å². The second-order valence-electron chi connectivity index (χ2n) is 4.60. The molecule has 0 bridgehead atoms. The molecule has 5 nitrogen and oxygen atoms in total. The first-order chi connectivity index (χ1) is 9.20. The molecule has 2 aromatic rings. The van der Waals surface area contributed by atoms with Crippen molar-refractivity contribution in [1.29, 1.82) is 0 Å². The van der Waals surface area contributed by atoms with Crippen molar-refractivity contribution in [2.24, 2.45) is 0 Å². The van der Waals surface area contributed by atoms with Gasteiger partial charge in [-0.1, -0.05) is 12.1 Å². The number of aromatic nitrogens is 2. The van der Waals surface area contributed by atoms with E-state index in [1.807, 2.05) is 23.9 Å². The second kappa shape index (κ2) is 4.77. The molecule has 1 saturated heterocycles. The van der Waals surface area contributed by atoms with Crippen LogP contribution in [-0.2, 0) is 0 Å². The van der Waals surface area contributed by atoms with Crippen molar-refractivity contribution in [3.05, 3.63) is 34.7 Å². The molecule has 1 aromatic heterocycles. The quantitative estimate of drug-likeness (QED) is 0.870. The fourth-order valence-corrected chi connectivity index (χ4v) is 3.73. The summed E-state index contributed by atoms with van der Waals surface area (Å²) in [6, 6.07) is 7.19. The fraction of sp³-hybridized carbons (Fsp3) is 0.385. The van der Waals surface area contributed by atoms with Crippen LogP contribution in [0.3, 0.4) is 0 Å². The minimum Gasteiger partial charge on any atom is -0.464 e. The SMILES string of the molecule is O=C(O)n1c(=O)n(C2CCSCC2)c2ccccc21. The summed E-state index contributed by atoms with van der Waals surface area (Å²) in [6.45, 7) is 0. The van der Waals surface area contributed by atoms with Gasteiger partial charge in [0, 0.05) is 6.04 Å². The highest BCUT2D eigenvalue weighted by Crippen LogP contribution is 2.28. The molecule has 1 fully saturated rings. The van der Waals surface area contributed by atoms with Gasteiger partial charge in [0.2, 0.25) is 0 Å². The van der Waals surface area contributed by atoms with Crippen molar-refractivity contribution in [3.8, 4) is 0 Å². The number of benzene rings is 1. The number of imidazole rings is 1. The van der Waals surface area contributed by atoms with Crippen molar-refractivity contribution >= 4 is 28.9 Å². The van der Waals surface area contributed by atoms with E-state index in [9.17, 15) is 14.7 Å². The number of carboxylic acid groups (broad SMARTS) is 1. The van der Waals surface area contributed by atoms with Gasteiger partial charge in [0.15, 0.2) is 0 Å². The van der Waals surface area contributed by atoms with E-state index in [4.69, 9.17) is 0 Å². The van der Waals surface area contributed by atoms with Crippen LogP contribution in [0.5, 0.6) is 0 Å². The van der Waals surface area contributed by atoms with E-state index in [1.165, 1.54) is 0 Å². The summed E-state index contributed by atoms with van der Waals surface area (Å²) in [5.41, 5.74) is 0.746. The number of rotatable bonds is 1. The van der Waals surface area contributed by atoms with Crippen LogP contribution in [0, 0.1) is 0 Å². The van der Waals surface area contributed by atoms with E-state index in [0.29, 0.717) is 11.0 Å². The number of para-hydroxylation sites is 2. The van der Waals surface area contributed by atoms with Crippen molar-refractivity contribution in [1.82, 2.24) is 9.13 Å². The number of hydrogen-bond donors (Lipinski definition) is 1. The van der Waals surface area contributed by atoms with Gasteiger partial charge < -0.3 is 5.11 Å². The van der Waals surface area contributed by atoms with Crippen molar-refractivity contribution in [3.63, 3.8) is 0 Å². The Morgan fingerprint density at radius 2 is 1.84 bits per heavy atom. The molecule has 3 rings (SSSR count). The number of fused-ring (bicyclic) bond motifs is 1. The van der Waals surface area contributed by atoms with E-state index < -0.39 is 11.8 Å². The molecule has 0 amide bonds. The maximum Gasteiger partial charge on any atom is 0.420 e. The van der Waals surface area contributed by atoms with Crippen LogP contribution >= 0.6 is 11.8 Å². The lowest BCUT2D eigenvalue weighted by Crippen LogP contribution is -2.31. The third-order valence-corrected chi connectivity index (χ3v) is 4.58. The zero-order valence-corrected chi connectivity index (χ0v) is 11.1. The van der Waals surface area contributed by atoms with Crippen LogP contribution in [-0.4, -0.2) is 31.8 Å². The minimum absolute atomic E-state index is 0.110. The maximum absolute atomic E-state index is 12.4. The highest BCUT2D eigenvalue weighted by molar-refractivity contribution is 7.99. The average molecular weight is 278 g/mol. The number of thioether (sulfide) groups is 1. The fourth-order valence-electron chi connectivity index (χ4n) is 2.65. The van der Waals surface area contributed by atoms with Crippen LogP contribution in [0.25, 0.3) is 11.0 Å². The molecule has 0 atom stereocenters. The monoisotopic (exact) mass is 278 g/mol. The molecule has 1 aromatic carbocycles. The van der Waals surface area contributed by atoms with Crippen LogP contribution in [0.15, 0.2) is 29.1 Å². The lowest BCUT2D eigenvalue weighted by Gasteiger charge is -2.22. The third kappa shape index (κ3) is 1.96. The van der Waals surface area contributed by atoms with Gasteiger partial charge in [0.25, 0.3) is 0 Å². The summed E-state index contributed by atoms with van der Waals surface area (Å²) >= 11 is 1.88. The minimum atomic E-state index is -1.22. The van der Waals surface area contributed by atoms with Crippen molar-refractivity contribution < 1.29 is 9.90 Å². The summed E-state index contributed by atoms with van der Waals surface area (Å²) in [7, 11) is 0. The molecular weight excluding hydrogens is 264 g/mol. The van der Waals surface area contributed by atoms with Gasteiger partial charge in [-0.25, -0.2) is 9.59 Å². The molecule has 0 radical (unpaired) electrons. The third-order valence-electron chi connectivity index (χ3n) is 3.53. The van der Waals surface area contributed by atoms with Crippen molar-refractivity contribution in [2.45, 2.75) is 18.9 Å². The van der Waals surface area contributed by atoms with Gasteiger partial charge in [-0.05, 0) is 36.5 Å². The normalized spacial score (nSPS) is 16.8. The van der Waals surface area contributed by atoms with E-state index in [2.05, 4.69) is 0 Å². The Hall–Kier alpha value is -1.69. The molecule has 1 N–H and O–H groups in total. The summed E-state index contributed by atoms with van der Waals surface area (Å²) < 4.78 is 2.50. The largest absolute Gasteiger partial charge is 0.464 e. The predicted molar refractivity (Wildman–Crippen MR) is 75.2 cm³/mol. The summed E-state index contributed by atoms with van der Waals surface area (Å²) in [5.74, 6) is 2.04. The predicted octanol–water partition coefficient (Wildman–Crippen LogP) is 2.40. The molecule has 0 saturated carbocycles. The molecule has 1 aliphatic rings. The summed E-state index contributed by atoms with van der Waals surface area (Å²) in [5, 5.41) is 9.22. The smallest absolute Gasteiger partial charge is 0.420 e. The zero-order chi connectivity index (χ0) is 13.4. The average Bonchev–Trinajstić information content (AvgIpc) is 2.71. The molecule has 0 unspecified atom stereocenters. The van der Waals surface area contributed by atoms with Crippen molar-refractivity contribution in [2.75, 3.05) is 11.5 Å². The summed E-state index contributed by atoms with van der Waals surface area (Å²) in [6.07, 6.45) is 0.612. The van der Waals surface area contributed by atoms with Gasteiger partial charge in [0.05, 0.1) is 11.0 Å². The second-order valence-corrected chi connectivity index (χ2v) is 5.83. The number of nitrogens with zero attached hydrogens (tertiary/aromatic N) is 2. The number of carbonyl (C=O) groups is 1. The van der Waals surface area contributed by atoms with Gasteiger partial charge in [-0.2, -0.15) is 16.3 Å². The van der Waals surface area contributed by atoms with Gasteiger partial charge in [-0.15, -0.1) is 0 Å². The Balaban J connectivity index is 2.26. The van der Waals surface area contributed by atoms with Crippen LogP contribution in [0.4, 0.5) is 4.79 Å². The van der Waals surface area contributed by atoms with Crippen LogP contribution in [0.2, 0.25) is 0 Å². The lowest BCUT2D eigenvalue weighted by molar-refractivity contribution is 0.196. The van der Waals surface area contributed by atoms with E-state index >= 15 is 0 Å². The Morgan fingerprint density at radius 1 is 1.21 bits per heavy atom. The van der Waals surface area contributed by atoms with Crippen LogP contribution in [0.1, 0.15) is 18.9 Å². The lowest BCUT2D eigenvalue weighted by atomic mass is 10.1. The van der Waals surface area contributed by atoms with Crippen LogP contribution < -0.4 is 5.69 Å². The Kier molecular flexibility index (Phi) is 3.10. The Bertz CT molecular complexity index is 683. The highest BCUT2D eigenvalue weighted by atomic mass is 32.2. The highest BCUT2D eigenvalue weighted by Gasteiger charge is 2.24. The number of hydrogen-bond acceptors (Lipinski definition) is 3. The maximum atomic E-state index is 12.4. The molecule has 2 heterocycles. The van der Waals surface area contributed by atoms with E-state index in [-0.39, 0.29) is 6.04 Å². The zero-order valence-electron chi connectivity index (χ0n) is 10.3. The summed E-state index contributed by atoms with van der Waals surface area (Å²) in [4.78, 5) is 23.6. The molecule has 0 aliphatic carbocycles. The molecule has 19 heavy (non-hydrogen) atoms. The Morgan fingerprint density at radius 3 is 2.47 bits per heavy atom. The van der Waals surface area contributed by atoms with Gasteiger partial charge >= 0.3 is 11.8 Å². The Labute approximate surface area is 113 Å². The van der Waals surface area contributed by atoms with Gasteiger partial charge in [-0.3, -0.25) is 4.57 Å². The molecule has 6 heteroatoms. The standard InChI is InChI=1S/C13H14N2O3S/c16-12-14(9-5-7-19-8-6-9)10-3-1-2-4-11(10)15(12)13(17)18/h1-4,9H,5-8H2,(H,17,18). The first-order valence-corrected chi connectivity index (χ1v) is 7.38. The van der Waals surface area contributed by atoms with Gasteiger partial charge in [0.1, 0.15) is 0 Å². The molecule has 0 spiro atoms. The van der Waals surface area contributed by atoms with E-state index in [1.54, 1.807) is 16.7 Å². The molecule has 1 aliphatic heterocycles. The molecular formula is C13H14N2O3S.